The van der Waals surface area contributed by atoms with Crippen LogP contribution in [0.3, 0.4) is 0 Å². The van der Waals surface area contributed by atoms with E-state index in [2.05, 4.69) is 14.9 Å². The fourth-order valence-corrected chi connectivity index (χ4v) is 3.02. The summed E-state index contributed by atoms with van der Waals surface area (Å²) < 4.78 is 7.49. The highest BCUT2D eigenvalue weighted by Crippen LogP contribution is 2.25. The van der Waals surface area contributed by atoms with Crippen LogP contribution in [-0.4, -0.2) is 15.5 Å². The first-order chi connectivity index (χ1) is 10.5. The zero-order valence-corrected chi connectivity index (χ0v) is 13.5. The Hall–Kier alpha value is -2.34. The molecule has 0 bridgehead atoms. The number of rotatable bonds is 4. The van der Waals surface area contributed by atoms with Crippen molar-refractivity contribution in [1.29, 1.82) is 0 Å². The molecule has 114 valence electrons. The number of amides is 1. The zero-order chi connectivity index (χ0) is 15.7. The van der Waals surface area contributed by atoms with Crippen LogP contribution in [0.2, 0.25) is 0 Å². The number of thiazole rings is 1. The SMILES string of the molecule is Cc1ccc(CNC(=O)c2csc(-c3ccc(C)n3C)n2)o1. The number of carbonyl (C=O) groups is 1. The van der Waals surface area contributed by atoms with Crippen LogP contribution in [-0.2, 0) is 13.6 Å². The van der Waals surface area contributed by atoms with Gasteiger partial charge in [-0.05, 0) is 38.1 Å². The smallest absolute Gasteiger partial charge is 0.271 e. The quantitative estimate of drug-likeness (QED) is 0.803. The molecule has 0 unspecified atom stereocenters. The molecule has 0 aromatic carbocycles. The summed E-state index contributed by atoms with van der Waals surface area (Å²) in [5.74, 6) is 1.38. The molecule has 0 saturated carbocycles. The summed E-state index contributed by atoms with van der Waals surface area (Å²) in [6.07, 6.45) is 0. The molecule has 3 heterocycles. The van der Waals surface area contributed by atoms with E-state index in [0.29, 0.717) is 12.2 Å². The van der Waals surface area contributed by atoms with Gasteiger partial charge in [-0.2, -0.15) is 0 Å². The Kier molecular flexibility index (Phi) is 3.85. The van der Waals surface area contributed by atoms with Crippen molar-refractivity contribution in [3.63, 3.8) is 0 Å². The van der Waals surface area contributed by atoms with Gasteiger partial charge >= 0.3 is 0 Å². The average Bonchev–Trinajstić information content (AvgIpc) is 3.19. The molecule has 0 aliphatic carbocycles. The molecule has 22 heavy (non-hydrogen) atoms. The van der Waals surface area contributed by atoms with Gasteiger partial charge in [-0.1, -0.05) is 0 Å². The monoisotopic (exact) mass is 315 g/mol. The second-order valence-corrected chi connectivity index (χ2v) is 6.01. The Labute approximate surface area is 132 Å². The Morgan fingerprint density at radius 2 is 2.14 bits per heavy atom. The van der Waals surface area contributed by atoms with Crippen molar-refractivity contribution < 1.29 is 9.21 Å². The van der Waals surface area contributed by atoms with Crippen molar-refractivity contribution in [3.8, 4) is 10.7 Å². The number of hydrogen-bond acceptors (Lipinski definition) is 4. The Balaban J connectivity index is 1.70. The van der Waals surface area contributed by atoms with Crippen molar-refractivity contribution in [3.05, 3.63) is 52.6 Å². The summed E-state index contributed by atoms with van der Waals surface area (Å²) in [4.78, 5) is 16.6. The molecule has 0 radical (unpaired) electrons. The molecule has 3 rings (SSSR count). The number of furan rings is 1. The van der Waals surface area contributed by atoms with Crippen LogP contribution in [0, 0.1) is 13.8 Å². The van der Waals surface area contributed by atoms with Crippen LogP contribution in [0.4, 0.5) is 0 Å². The lowest BCUT2D eigenvalue weighted by Gasteiger charge is -2.02. The van der Waals surface area contributed by atoms with E-state index >= 15 is 0 Å². The fourth-order valence-electron chi connectivity index (χ4n) is 2.16. The molecule has 0 saturated heterocycles. The van der Waals surface area contributed by atoms with Crippen LogP contribution >= 0.6 is 11.3 Å². The predicted octanol–water partition coefficient (Wildman–Crippen LogP) is 3.29. The highest BCUT2D eigenvalue weighted by Gasteiger charge is 2.14. The normalized spacial score (nSPS) is 10.9. The molecule has 1 amide bonds. The maximum atomic E-state index is 12.1. The average molecular weight is 315 g/mol. The van der Waals surface area contributed by atoms with Crippen molar-refractivity contribution in [2.24, 2.45) is 7.05 Å². The zero-order valence-electron chi connectivity index (χ0n) is 12.7. The van der Waals surface area contributed by atoms with Gasteiger partial charge in [0.2, 0.25) is 0 Å². The lowest BCUT2D eigenvalue weighted by molar-refractivity contribution is 0.0943. The standard InChI is InChI=1S/C16H17N3O2S/c1-10-4-7-14(19(10)3)16-18-13(9-22-16)15(20)17-8-12-6-5-11(2)21-12/h4-7,9H,8H2,1-3H3,(H,17,20). The third-order valence-electron chi connectivity index (χ3n) is 3.55. The second kappa shape index (κ2) is 5.81. The lowest BCUT2D eigenvalue weighted by Crippen LogP contribution is -2.22. The first-order valence-corrected chi connectivity index (χ1v) is 7.84. The van der Waals surface area contributed by atoms with Crippen molar-refractivity contribution in [1.82, 2.24) is 14.9 Å². The van der Waals surface area contributed by atoms with Crippen molar-refractivity contribution in [2.45, 2.75) is 20.4 Å². The molecule has 0 aliphatic rings. The summed E-state index contributed by atoms with van der Waals surface area (Å²) in [6, 6.07) is 7.78. The first-order valence-electron chi connectivity index (χ1n) is 6.96. The summed E-state index contributed by atoms with van der Waals surface area (Å²) >= 11 is 1.47. The lowest BCUT2D eigenvalue weighted by atomic mass is 10.4. The highest BCUT2D eigenvalue weighted by molar-refractivity contribution is 7.13. The Morgan fingerprint density at radius 3 is 2.77 bits per heavy atom. The molecule has 0 aliphatic heterocycles. The molecule has 0 fully saturated rings. The second-order valence-electron chi connectivity index (χ2n) is 5.15. The first kappa shape index (κ1) is 14.6. The van der Waals surface area contributed by atoms with Gasteiger partial charge in [0.15, 0.2) is 0 Å². The summed E-state index contributed by atoms with van der Waals surface area (Å²) in [5, 5.41) is 5.44. The molecule has 1 N–H and O–H groups in total. The highest BCUT2D eigenvalue weighted by atomic mass is 32.1. The number of aryl methyl sites for hydroxylation is 2. The van der Waals surface area contributed by atoms with Gasteiger partial charge in [0, 0.05) is 18.1 Å². The van der Waals surface area contributed by atoms with Gasteiger partial charge in [0.1, 0.15) is 22.2 Å². The third kappa shape index (κ3) is 2.82. The summed E-state index contributed by atoms with van der Waals surface area (Å²) in [6.45, 7) is 4.28. The van der Waals surface area contributed by atoms with E-state index in [0.717, 1.165) is 27.9 Å². The molecular weight excluding hydrogens is 298 g/mol. The Bertz CT molecular complexity index is 813. The topological polar surface area (TPSA) is 60.1 Å². The van der Waals surface area contributed by atoms with E-state index in [1.807, 2.05) is 45.2 Å². The van der Waals surface area contributed by atoms with Crippen LogP contribution in [0.15, 0.2) is 34.1 Å². The molecular formula is C16H17N3O2S. The fraction of sp³-hybridized carbons (Fsp3) is 0.250. The van der Waals surface area contributed by atoms with E-state index in [-0.39, 0.29) is 5.91 Å². The van der Waals surface area contributed by atoms with Crippen molar-refractivity contribution >= 4 is 17.2 Å². The molecule has 3 aromatic rings. The third-order valence-corrected chi connectivity index (χ3v) is 4.41. The maximum Gasteiger partial charge on any atom is 0.271 e. The van der Waals surface area contributed by atoms with Crippen LogP contribution in [0.25, 0.3) is 10.7 Å². The van der Waals surface area contributed by atoms with E-state index in [4.69, 9.17) is 4.42 Å². The van der Waals surface area contributed by atoms with E-state index < -0.39 is 0 Å². The number of aromatic nitrogens is 2. The van der Waals surface area contributed by atoms with Gasteiger partial charge in [-0.15, -0.1) is 11.3 Å². The predicted molar refractivity (Wildman–Crippen MR) is 85.9 cm³/mol. The Morgan fingerprint density at radius 1 is 1.32 bits per heavy atom. The minimum atomic E-state index is -0.192. The molecule has 6 heteroatoms. The molecule has 3 aromatic heterocycles. The summed E-state index contributed by atoms with van der Waals surface area (Å²) in [7, 11) is 1.99. The van der Waals surface area contributed by atoms with Gasteiger partial charge in [-0.25, -0.2) is 4.98 Å². The van der Waals surface area contributed by atoms with Crippen LogP contribution < -0.4 is 5.32 Å². The number of nitrogens with zero attached hydrogens (tertiary/aromatic N) is 2. The van der Waals surface area contributed by atoms with Gasteiger partial charge < -0.3 is 14.3 Å². The van der Waals surface area contributed by atoms with E-state index in [1.54, 1.807) is 5.38 Å². The van der Waals surface area contributed by atoms with Gasteiger partial charge in [0.25, 0.3) is 5.91 Å². The van der Waals surface area contributed by atoms with Gasteiger partial charge in [-0.3, -0.25) is 4.79 Å². The van der Waals surface area contributed by atoms with Crippen LogP contribution in [0.5, 0.6) is 0 Å². The van der Waals surface area contributed by atoms with Crippen LogP contribution in [0.1, 0.15) is 27.7 Å². The number of nitrogens with one attached hydrogen (secondary N) is 1. The summed E-state index contributed by atoms with van der Waals surface area (Å²) in [5.41, 5.74) is 2.61. The minimum Gasteiger partial charge on any atom is -0.465 e. The molecule has 0 atom stereocenters. The number of carbonyl (C=O) groups excluding carboxylic acids is 1. The molecule has 0 spiro atoms. The van der Waals surface area contributed by atoms with E-state index in [9.17, 15) is 4.79 Å². The van der Waals surface area contributed by atoms with Gasteiger partial charge in [0.05, 0.1) is 12.2 Å². The minimum absolute atomic E-state index is 0.192. The largest absolute Gasteiger partial charge is 0.465 e. The number of hydrogen-bond donors (Lipinski definition) is 1. The van der Waals surface area contributed by atoms with E-state index in [1.165, 1.54) is 11.3 Å². The molecule has 5 nitrogen and oxygen atoms in total. The van der Waals surface area contributed by atoms with Crippen molar-refractivity contribution in [2.75, 3.05) is 0 Å². The maximum absolute atomic E-state index is 12.1.